The Bertz CT molecular complexity index is 413. The molecule has 0 unspecified atom stereocenters. The van der Waals surface area contributed by atoms with Crippen LogP contribution in [0.15, 0.2) is 30.3 Å². The van der Waals surface area contributed by atoms with Gasteiger partial charge in [0.25, 0.3) is 0 Å². The van der Waals surface area contributed by atoms with Gasteiger partial charge in [-0.2, -0.15) is 0 Å². The van der Waals surface area contributed by atoms with Crippen LogP contribution in [0.5, 0.6) is 0 Å². The minimum Gasteiger partial charge on any atom is -0.354 e. The lowest BCUT2D eigenvalue weighted by molar-refractivity contribution is -0.120. The fourth-order valence-corrected chi connectivity index (χ4v) is 2.13. The number of amides is 1. The normalized spacial score (nSPS) is 13.2. The standard InChI is InChI=1S/C16H25N3O.2ClH/c1-19(13-15-5-3-2-4-6-15)10-9-18-16(20)12-17-11-14-7-8-14;;/h2-6,14,17H,7-13H2,1H3,(H,18,20);2*1H. The fourth-order valence-electron chi connectivity index (χ4n) is 2.13. The first-order chi connectivity index (χ1) is 9.74. The summed E-state index contributed by atoms with van der Waals surface area (Å²) in [5.74, 6) is 0.915. The van der Waals surface area contributed by atoms with Crippen molar-refractivity contribution in [3.8, 4) is 0 Å². The van der Waals surface area contributed by atoms with E-state index in [1.165, 1.54) is 18.4 Å². The molecule has 126 valence electrons. The summed E-state index contributed by atoms with van der Waals surface area (Å²) in [6.45, 7) is 3.91. The van der Waals surface area contributed by atoms with E-state index < -0.39 is 0 Å². The summed E-state index contributed by atoms with van der Waals surface area (Å²) in [6, 6.07) is 10.4. The molecular weight excluding hydrogens is 321 g/mol. The van der Waals surface area contributed by atoms with Gasteiger partial charge in [0, 0.05) is 19.6 Å². The molecule has 1 saturated carbocycles. The van der Waals surface area contributed by atoms with E-state index in [1.807, 2.05) is 6.07 Å². The Morgan fingerprint density at radius 1 is 1.23 bits per heavy atom. The molecular formula is C16H27Cl2N3O. The zero-order chi connectivity index (χ0) is 14.2. The largest absolute Gasteiger partial charge is 0.354 e. The molecule has 0 spiro atoms. The zero-order valence-corrected chi connectivity index (χ0v) is 14.7. The first-order valence-electron chi connectivity index (χ1n) is 7.44. The number of carbonyl (C=O) groups excluding carboxylic acids is 1. The fraction of sp³-hybridized carbons (Fsp3) is 0.562. The molecule has 0 aromatic heterocycles. The van der Waals surface area contributed by atoms with Crippen LogP contribution in [-0.2, 0) is 11.3 Å². The molecule has 2 rings (SSSR count). The molecule has 22 heavy (non-hydrogen) atoms. The van der Waals surface area contributed by atoms with Crippen LogP contribution in [0.25, 0.3) is 0 Å². The summed E-state index contributed by atoms with van der Waals surface area (Å²) in [7, 11) is 2.07. The van der Waals surface area contributed by atoms with Crippen molar-refractivity contribution in [2.45, 2.75) is 19.4 Å². The van der Waals surface area contributed by atoms with Crippen LogP contribution in [0, 0.1) is 5.92 Å². The van der Waals surface area contributed by atoms with E-state index in [2.05, 4.69) is 46.8 Å². The maximum atomic E-state index is 11.6. The van der Waals surface area contributed by atoms with E-state index in [0.717, 1.165) is 25.6 Å². The highest BCUT2D eigenvalue weighted by molar-refractivity contribution is 5.85. The Labute approximate surface area is 145 Å². The van der Waals surface area contributed by atoms with Gasteiger partial charge in [0.2, 0.25) is 5.91 Å². The van der Waals surface area contributed by atoms with Crippen molar-refractivity contribution in [3.05, 3.63) is 35.9 Å². The zero-order valence-electron chi connectivity index (χ0n) is 13.1. The quantitative estimate of drug-likeness (QED) is 0.718. The van der Waals surface area contributed by atoms with E-state index in [9.17, 15) is 4.79 Å². The molecule has 0 bridgehead atoms. The Morgan fingerprint density at radius 2 is 1.91 bits per heavy atom. The first kappa shape index (κ1) is 21.2. The number of halogens is 2. The molecule has 2 N–H and O–H groups in total. The van der Waals surface area contributed by atoms with E-state index in [-0.39, 0.29) is 30.7 Å². The van der Waals surface area contributed by atoms with Gasteiger partial charge in [0.1, 0.15) is 0 Å². The third-order valence-electron chi connectivity index (χ3n) is 3.53. The lowest BCUT2D eigenvalue weighted by Gasteiger charge is -2.17. The van der Waals surface area contributed by atoms with Gasteiger partial charge in [-0.3, -0.25) is 4.79 Å². The van der Waals surface area contributed by atoms with Gasteiger partial charge in [0.15, 0.2) is 0 Å². The average Bonchev–Trinajstić information content (AvgIpc) is 3.24. The SMILES string of the molecule is CN(CCNC(=O)CNCC1CC1)Cc1ccccc1.Cl.Cl. The molecule has 1 aromatic carbocycles. The van der Waals surface area contributed by atoms with Crippen molar-refractivity contribution in [1.82, 2.24) is 15.5 Å². The minimum atomic E-state index is 0. The van der Waals surface area contributed by atoms with Crippen molar-refractivity contribution in [1.29, 1.82) is 0 Å². The molecule has 1 amide bonds. The molecule has 1 aromatic rings. The van der Waals surface area contributed by atoms with Crippen LogP contribution in [0.2, 0.25) is 0 Å². The maximum Gasteiger partial charge on any atom is 0.234 e. The van der Waals surface area contributed by atoms with Gasteiger partial charge in [-0.05, 0) is 37.9 Å². The smallest absolute Gasteiger partial charge is 0.234 e. The molecule has 0 heterocycles. The second-order valence-electron chi connectivity index (χ2n) is 5.65. The summed E-state index contributed by atoms with van der Waals surface area (Å²) in [6.07, 6.45) is 2.64. The predicted molar refractivity (Wildman–Crippen MR) is 95.9 cm³/mol. The van der Waals surface area contributed by atoms with Crippen LogP contribution in [0.3, 0.4) is 0 Å². The lowest BCUT2D eigenvalue weighted by atomic mass is 10.2. The first-order valence-corrected chi connectivity index (χ1v) is 7.44. The van der Waals surface area contributed by atoms with Crippen molar-refractivity contribution in [2.75, 3.05) is 33.2 Å². The minimum absolute atomic E-state index is 0. The number of hydrogen-bond acceptors (Lipinski definition) is 3. The number of benzene rings is 1. The monoisotopic (exact) mass is 347 g/mol. The van der Waals surface area contributed by atoms with Crippen LogP contribution in [0.1, 0.15) is 18.4 Å². The molecule has 0 aliphatic heterocycles. The highest BCUT2D eigenvalue weighted by atomic mass is 35.5. The third-order valence-corrected chi connectivity index (χ3v) is 3.53. The van der Waals surface area contributed by atoms with Gasteiger partial charge >= 0.3 is 0 Å². The van der Waals surface area contributed by atoms with Crippen molar-refractivity contribution >= 4 is 30.7 Å². The molecule has 1 aliphatic carbocycles. The number of nitrogens with one attached hydrogen (secondary N) is 2. The Hall–Kier alpha value is -0.810. The van der Waals surface area contributed by atoms with E-state index in [4.69, 9.17) is 0 Å². The van der Waals surface area contributed by atoms with Gasteiger partial charge in [-0.1, -0.05) is 30.3 Å². The number of rotatable bonds is 9. The molecule has 0 atom stereocenters. The van der Waals surface area contributed by atoms with Crippen LogP contribution >= 0.6 is 24.8 Å². The Morgan fingerprint density at radius 3 is 2.55 bits per heavy atom. The average molecular weight is 348 g/mol. The van der Waals surface area contributed by atoms with Crippen molar-refractivity contribution in [3.63, 3.8) is 0 Å². The number of hydrogen-bond donors (Lipinski definition) is 2. The van der Waals surface area contributed by atoms with Gasteiger partial charge < -0.3 is 15.5 Å². The van der Waals surface area contributed by atoms with Crippen LogP contribution in [-0.4, -0.2) is 44.0 Å². The van der Waals surface area contributed by atoms with Crippen molar-refractivity contribution in [2.24, 2.45) is 5.92 Å². The second-order valence-corrected chi connectivity index (χ2v) is 5.65. The molecule has 0 saturated heterocycles. The highest BCUT2D eigenvalue weighted by Gasteiger charge is 2.20. The molecule has 4 nitrogen and oxygen atoms in total. The van der Waals surface area contributed by atoms with Crippen LogP contribution in [0.4, 0.5) is 0 Å². The summed E-state index contributed by atoms with van der Waals surface area (Å²) in [5.41, 5.74) is 1.30. The van der Waals surface area contributed by atoms with Gasteiger partial charge in [-0.25, -0.2) is 0 Å². The second kappa shape index (κ2) is 11.7. The summed E-state index contributed by atoms with van der Waals surface area (Å²) >= 11 is 0. The van der Waals surface area contributed by atoms with E-state index >= 15 is 0 Å². The van der Waals surface area contributed by atoms with Gasteiger partial charge in [-0.15, -0.1) is 24.8 Å². The Balaban J connectivity index is 0.00000220. The summed E-state index contributed by atoms with van der Waals surface area (Å²) in [4.78, 5) is 13.8. The number of likely N-dealkylation sites (N-methyl/N-ethyl adjacent to an activating group) is 1. The highest BCUT2D eigenvalue weighted by Crippen LogP contribution is 2.27. The van der Waals surface area contributed by atoms with Crippen molar-refractivity contribution < 1.29 is 4.79 Å². The molecule has 1 fully saturated rings. The summed E-state index contributed by atoms with van der Waals surface area (Å²) in [5, 5.41) is 6.15. The molecule has 1 aliphatic rings. The van der Waals surface area contributed by atoms with E-state index in [0.29, 0.717) is 13.1 Å². The topological polar surface area (TPSA) is 44.4 Å². The number of carbonyl (C=O) groups is 1. The molecule has 0 radical (unpaired) electrons. The predicted octanol–water partition coefficient (Wildman–Crippen LogP) is 2.08. The lowest BCUT2D eigenvalue weighted by Crippen LogP contribution is -2.38. The maximum absolute atomic E-state index is 11.6. The molecule has 6 heteroatoms. The third kappa shape index (κ3) is 9.26. The van der Waals surface area contributed by atoms with Gasteiger partial charge in [0.05, 0.1) is 6.54 Å². The Kier molecular flexibility index (Phi) is 11.3. The van der Waals surface area contributed by atoms with Crippen LogP contribution < -0.4 is 10.6 Å². The number of nitrogens with zero attached hydrogens (tertiary/aromatic N) is 1. The summed E-state index contributed by atoms with van der Waals surface area (Å²) < 4.78 is 0. The van der Waals surface area contributed by atoms with E-state index in [1.54, 1.807) is 0 Å².